The Hall–Kier alpha value is -2.83. The maximum Gasteiger partial charge on any atom is 0.362 e. The van der Waals surface area contributed by atoms with E-state index < -0.39 is 11.9 Å². The van der Waals surface area contributed by atoms with Gasteiger partial charge in [0, 0.05) is 12.1 Å². The van der Waals surface area contributed by atoms with Crippen molar-refractivity contribution in [2.75, 3.05) is 7.11 Å². The second-order valence-corrected chi connectivity index (χ2v) is 4.80. The van der Waals surface area contributed by atoms with Crippen molar-refractivity contribution in [1.82, 2.24) is 9.78 Å². The predicted molar refractivity (Wildman–Crippen MR) is 77.5 cm³/mol. The third kappa shape index (κ3) is 3.08. The number of para-hydroxylation sites is 2. The molecule has 7 nitrogen and oxygen atoms in total. The number of nitrogens with zero attached hydrogens (tertiary/aromatic N) is 2. The number of carbonyl (C=O) groups is 2. The Bertz CT molecular complexity index is 706. The first-order chi connectivity index (χ1) is 10.4. The van der Waals surface area contributed by atoms with Crippen LogP contribution >= 0.6 is 0 Å². The van der Waals surface area contributed by atoms with E-state index >= 15 is 0 Å². The molecule has 0 bridgehead atoms. The minimum Gasteiger partial charge on any atom is -0.493 e. The van der Waals surface area contributed by atoms with E-state index in [-0.39, 0.29) is 23.2 Å². The van der Waals surface area contributed by atoms with Gasteiger partial charge in [-0.25, -0.2) is 9.59 Å². The Morgan fingerprint density at radius 3 is 2.41 bits per heavy atom. The van der Waals surface area contributed by atoms with Crippen molar-refractivity contribution in [1.29, 1.82) is 0 Å². The van der Waals surface area contributed by atoms with Gasteiger partial charge >= 0.3 is 11.9 Å². The van der Waals surface area contributed by atoms with Gasteiger partial charge < -0.3 is 14.6 Å². The van der Waals surface area contributed by atoms with Gasteiger partial charge in [-0.15, -0.1) is 0 Å². The number of rotatable bonds is 5. The van der Waals surface area contributed by atoms with Crippen LogP contribution in [-0.4, -0.2) is 33.9 Å². The molecule has 0 spiro atoms. The molecule has 0 fully saturated rings. The fourth-order valence-corrected chi connectivity index (χ4v) is 1.90. The summed E-state index contributed by atoms with van der Waals surface area (Å²) in [6.07, 6.45) is 0. The number of aromatic nitrogens is 2. The first kappa shape index (κ1) is 15.6. The highest BCUT2D eigenvalue weighted by Gasteiger charge is 2.22. The summed E-state index contributed by atoms with van der Waals surface area (Å²) in [6, 6.07) is 7.70. The summed E-state index contributed by atoms with van der Waals surface area (Å²) in [5.74, 6) is -1.24. The summed E-state index contributed by atoms with van der Waals surface area (Å²) >= 11 is 0. The number of aromatic carboxylic acids is 1. The summed E-state index contributed by atoms with van der Waals surface area (Å²) in [5.41, 5.74) is -0.140. The van der Waals surface area contributed by atoms with Crippen LogP contribution in [0.15, 0.2) is 30.3 Å². The lowest BCUT2D eigenvalue weighted by Gasteiger charge is -2.11. The number of methoxy groups -OCH3 is 1. The highest BCUT2D eigenvalue weighted by Crippen LogP contribution is 2.27. The number of carboxylic acid groups (broad SMARTS) is 1. The molecule has 0 aliphatic carbocycles. The lowest BCUT2D eigenvalue weighted by molar-refractivity contribution is 0.0685. The van der Waals surface area contributed by atoms with Crippen LogP contribution in [0.3, 0.4) is 0 Å². The highest BCUT2D eigenvalue weighted by atomic mass is 16.6. The molecular formula is C15H16N2O5. The summed E-state index contributed by atoms with van der Waals surface area (Å²) in [7, 11) is 1.47. The van der Waals surface area contributed by atoms with Crippen molar-refractivity contribution in [3.8, 4) is 11.5 Å². The average molecular weight is 304 g/mol. The number of hydrogen-bond acceptors (Lipinski definition) is 5. The molecule has 22 heavy (non-hydrogen) atoms. The van der Waals surface area contributed by atoms with E-state index in [9.17, 15) is 9.59 Å². The first-order valence-electron chi connectivity index (χ1n) is 6.62. The second kappa shape index (κ2) is 6.30. The molecule has 0 unspecified atom stereocenters. The number of hydrogen-bond donors (Lipinski definition) is 1. The molecule has 1 heterocycles. The van der Waals surface area contributed by atoms with Crippen LogP contribution in [0, 0.1) is 0 Å². The van der Waals surface area contributed by atoms with Crippen LogP contribution < -0.4 is 9.47 Å². The SMILES string of the molecule is COc1ccccc1OC(=O)c1cc(C(=O)O)nn1C(C)C. The van der Waals surface area contributed by atoms with Gasteiger partial charge in [0.1, 0.15) is 5.69 Å². The average Bonchev–Trinajstić information content (AvgIpc) is 2.93. The smallest absolute Gasteiger partial charge is 0.362 e. The Morgan fingerprint density at radius 1 is 1.23 bits per heavy atom. The minimum atomic E-state index is -1.20. The maximum absolute atomic E-state index is 12.3. The third-order valence-corrected chi connectivity index (χ3v) is 2.92. The van der Waals surface area contributed by atoms with E-state index in [1.807, 2.05) is 0 Å². The maximum atomic E-state index is 12.3. The van der Waals surface area contributed by atoms with E-state index in [1.165, 1.54) is 17.9 Å². The number of benzene rings is 1. The van der Waals surface area contributed by atoms with Gasteiger partial charge in [0.15, 0.2) is 17.2 Å². The summed E-state index contributed by atoms with van der Waals surface area (Å²) < 4.78 is 11.7. The molecule has 0 radical (unpaired) electrons. The predicted octanol–water partition coefficient (Wildman–Crippen LogP) is 2.39. The molecule has 0 saturated carbocycles. The second-order valence-electron chi connectivity index (χ2n) is 4.80. The Kier molecular flexibility index (Phi) is 4.45. The molecule has 2 aromatic rings. The fraction of sp³-hybridized carbons (Fsp3) is 0.267. The van der Waals surface area contributed by atoms with Gasteiger partial charge in [-0.3, -0.25) is 4.68 Å². The largest absolute Gasteiger partial charge is 0.493 e. The van der Waals surface area contributed by atoms with E-state index in [4.69, 9.17) is 14.6 Å². The van der Waals surface area contributed by atoms with E-state index in [0.717, 1.165) is 0 Å². The van der Waals surface area contributed by atoms with Gasteiger partial charge in [0.25, 0.3) is 0 Å². The molecular weight excluding hydrogens is 288 g/mol. The standard InChI is InChI=1S/C15H16N2O5/c1-9(2)17-11(8-10(16-17)14(18)19)15(20)22-13-7-5-4-6-12(13)21-3/h4-9H,1-3H3,(H,18,19). The van der Waals surface area contributed by atoms with Crippen LogP contribution in [0.5, 0.6) is 11.5 Å². The third-order valence-electron chi connectivity index (χ3n) is 2.92. The first-order valence-corrected chi connectivity index (χ1v) is 6.62. The van der Waals surface area contributed by atoms with Gasteiger partial charge in [0.05, 0.1) is 7.11 Å². The molecule has 0 amide bonds. The molecule has 0 aliphatic heterocycles. The Balaban J connectivity index is 2.35. The summed E-state index contributed by atoms with van der Waals surface area (Å²) in [5, 5.41) is 12.9. The van der Waals surface area contributed by atoms with Crippen LogP contribution in [0.4, 0.5) is 0 Å². The molecule has 2 rings (SSSR count). The van der Waals surface area contributed by atoms with Gasteiger partial charge in [0.2, 0.25) is 0 Å². The lowest BCUT2D eigenvalue weighted by atomic mass is 10.3. The number of carboxylic acids is 1. The van der Waals surface area contributed by atoms with Crippen LogP contribution in [0.2, 0.25) is 0 Å². The van der Waals surface area contributed by atoms with Crippen molar-refractivity contribution >= 4 is 11.9 Å². The number of esters is 1. The molecule has 0 atom stereocenters. The van der Waals surface area contributed by atoms with E-state index in [1.54, 1.807) is 38.1 Å². The van der Waals surface area contributed by atoms with Crippen LogP contribution in [0.25, 0.3) is 0 Å². The fourth-order valence-electron chi connectivity index (χ4n) is 1.90. The zero-order chi connectivity index (χ0) is 16.3. The van der Waals surface area contributed by atoms with Crippen molar-refractivity contribution < 1.29 is 24.2 Å². The summed E-state index contributed by atoms with van der Waals surface area (Å²) in [4.78, 5) is 23.3. The Morgan fingerprint density at radius 2 is 1.86 bits per heavy atom. The Labute approximate surface area is 127 Å². The molecule has 1 aromatic carbocycles. The van der Waals surface area contributed by atoms with Crippen LogP contribution in [0.1, 0.15) is 40.9 Å². The van der Waals surface area contributed by atoms with E-state index in [2.05, 4.69) is 5.10 Å². The number of ether oxygens (including phenoxy) is 2. The normalized spacial score (nSPS) is 10.5. The zero-order valence-corrected chi connectivity index (χ0v) is 12.4. The molecule has 7 heteroatoms. The van der Waals surface area contributed by atoms with Crippen molar-refractivity contribution in [2.45, 2.75) is 19.9 Å². The van der Waals surface area contributed by atoms with Crippen LogP contribution in [-0.2, 0) is 0 Å². The van der Waals surface area contributed by atoms with Gasteiger partial charge in [-0.05, 0) is 26.0 Å². The zero-order valence-electron chi connectivity index (χ0n) is 12.4. The monoisotopic (exact) mass is 304 g/mol. The molecule has 0 aliphatic rings. The molecule has 1 aromatic heterocycles. The molecule has 116 valence electrons. The van der Waals surface area contributed by atoms with Crippen molar-refractivity contribution in [2.24, 2.45) is 0 Å². The summed E-state index contributed by atoms with van der Waals surface area (Å²) in [6.45, 7) is 3.58. The number of carbonyl (C=O) groups excluding carboxylic acids is 1. The minimum absolute atomic E-state index is 0.0679. The topological polar surface area (TPSA) is 90.7 Å². The molecule has 1 N–H and O–H groups in total. The highest BCUT2D eigenvalue weighted by molar-refractivity contribution is 5.93. The van der Waals surface area contributed by atoms with Gasteiger partial charge in [-0.2, -0.15) is 5.10 Å². The molecule has 0 saturated heterocycles. The van der Waals surface area contributed by atoms with Crippen molar-refractivity contribution in [3.63, 3.8) is 0 Å². The quantitative estimate of drug-likeness (QED) is 0.673. The lowest BCUT2D eigenvalue weighted by Crippen LogP contribution is -2.17. The van der Waals surface area contributed by atoms with Crippen molar-refractivity contribution in [3.05, 3.63) is 41.7 Å². The van der Waals surface area contributed by atoms with E-state index in [0.29, 0.717) is 5.75 Å². The van der Waals surface area contributed by atoms with Gasteiger partial charge in [-0.1, -0.05) is 12.1 Å².